The summed E-state index contributed by atoms with van der Waals surface area (Å²) < 4.78 is 5.80. The van der Waals surface area contributed by atoms with Crippen LogP contribution in [0, 0.1) is 11.3 Å². The summed E-state index contributed by atoms with van der Waals surface area (Å²) in [6, 6.07) is 10.7. The van der Waals surface area contributed by atoms with Crippen LogP contribution in [0.15, 0.2) is 28.7 Å². The second-order valence-electron chi connectivity index (χ2n) is 7.89. The third-order valence-electron chi connectivity index (χ3n) is 5.54. The molecule has 1 aromatic carbocycles. The smallest absolute Gasteiger partial charge is 0.247 e. The van der Waals surface area contributed by atoms with Crippen molar-refractivity contribution in [3.05, 3.63) is 35.7 Å². The number of hydrogen-bond acceptors (Lipinski definition) is 4. The lowest BCUT2D eigenvalue weighted by Gasteiger charge is -2.04. The lowest BCUT2D eigenvalue weighted by atomic mass is 10.0. The largest absolute Gasteiger partial charge is 0.419 e. The van der Waals surface area contributed by atoms with Crippen LogP contribution in [-0.2, 0) is 11.8 Å². The van der Waals surface area contributed by atoms with Crippen molar-refractivity contribution in [2.24, 2.45) is 0 Å². The summed E-state index contributed by atoms with van der Waals surface area (Å²) in [7, 11) is 0. The van der Waals surface area contributed by atoms with Crippen LogP contribution < -0.4 is 0 Å². The van der Waals surface area contributed by atoms with Gasteiger partial charge in [-0.05, 0) is 43.4 Å². The molecule has 27 heavy (non-hydrogen) atoms. The molecule has 0 spiro atoms. The zero-order chi connectivity index (χ0) is 19.0. The molecule has 4 heteroatoms. The van der Waals surface area contributed by atoms with E-state index in [0.29, 0.717) is 11.8 Å². The van der Waals surface area contributed by atoms with Gasteiger partial charge in [-0.15, -0.1) is 10.2 Å². The van der Waals surface area contributed by atoms with Gasteiger partial charge in [0.15, 0.2) is 0 Å². The van der Waals surface area contributed by atoms with Crippen molar-refractivity contribution in [3.63, 3.8) is 0 Å². The van der Waals surface area contributed by atoms with Gasteiger partial charge in [0, 0.05) is 5.56 Å². The van der Waals surface area contributed by atoms with Crippen molar-refractivity contribution in [2.75, 3.05) is 0 Å². The number of rotatable bonds is 12. The number of nitriles is 1. The summed E-state index contributed by atoms with van der Waals surface area (Å²) in [5.41, 5.74) is 1.76. The monoisotopic (exact) mass is 365 g/mol. The molecule has 0 unspecified atom stereocenters. The third-order valence-corrected chi connectivity index (χ3v) is 5.54. The first kappa shape index (κ1) is 19.6. The summed E-state index contributed by atoms with van der Waals surface area (Å²) in [6.45, 7) is 2.27. The Morgan fingerprint density at radius 1 is 1.00 bits per heavy atom. The first-order chi connectivity index (χ1) is 13.3. The third kappa shape index (κ3) is 5.42. The van der Waals surface area contributed by atoms with Gasteiger partial charge < -0.3 is 4.42 Å². The minimum absolute atomic E-state index is 0.476. The van der Waals surface area contributed by atoms with Gasteiger partial charge in [-0.25, -0.2) is 0 Å². The van der Waals surface area contributed by atoms with Crippen molar-refractivity contribution in [1.29, 1.82) is 5.26 Å². The standard InChI is InChI=1S/C23H31N3O/c1-2-3-4-5-6-7-8-9-10-12-19-13-11-14-20(17-19)21-25-26-22(27-21)23(18-24)15-16-23/h11,13-14,17H,2-10,12,15-16H2,1H3. The van der Waals surface area contributed by atoms with Gasteiger partial charge in [0.1, 0.15) is 5.41 Å². The molecule has 3 rings (SSSR count). The number of hydrogen-bond donors (Lipinski definition) is 0. The molecule has 144 valence electrons. The highest BCUT2D eigenvalue weighted by Gasteiger charge is 2.50. The topological polar surface area (TPSA) is 62.7 Å². The molecule has 0 radical (unpaired) electrons. The molecule has 1 aliphatic carbocycles. The predicted octanol–water partition coefficient (Wildman–Crippen LogP) is 6.37. The van der Waals surface area contributed by atoms with Gasteiger partial charge in [0.2, 0.25) is 11.8 Å². The highest BCUT2D eigenvalue weighted by Crippen LogP contribution is 2.47. The van der Waals surface area contributed by atoms with Gasteiger partial charge in [0.25, 0.3) is 0 Å². The molecular weight excluding hydrogens is 334 g/mol. The Kier molecular flexibility index (Phi) is 7.04. The molecule has 0 saturated heterocycles. The van der Waals surface area contributed by atoms with E-state index in [1.54, 1.807) is 0 Å². The Morgan fingerprint density at radius 3 is 2.37 bits per heavy atom. The molecule has 2 aromatic rings. The average molecular weight is 366 g/mol. The van der Waals surface area contributed by atoms with Gasteiger partial charge in [-0.2, -0.15) is 5.26 Å². The molecule has 0 atom stereocenters. The van der Waals surface area contributed by atoms with Crippen LogP contribution in [0.25, 0.3) is 11.5 Å². The van der Waals surface area contributed by atoms with Crippen LogP contribution in [0.3, 0.4) is 0 Å². The van der Waals surface area contributed by atoms with Gasteiger partial charge in [-0.3, -0.25) is 0 Å². The van der Waals surface area contributed by atoms with Crippen LogP contribution in [0.2, 0.25) is 0 Å². The zero-order valence-corrected chi connectivity index (χ0v) is 16.5. The normalized spacial score (nSPS) is 14.8. The summed E-state index contributed by atoms with van der Waals surface area (Å²) in [5.74, 6) is 1.00. The fourth-order valence-corrected chi connectivity index (χ4v) is 3.53. The maximum atomic E-state index is 9.27. The van der Waals surface area contributed by atoms with Crippen LogP contribution in [-0.4, -0.2) is 10.2 Å². The molecule has 4 nitrogen and oxygen atoms in total. The van der Waals surface area contributed by atoms with Crippen LogP contribution in [0.5, 0.6) is 0 Å². The molecule has 1 aromatic heterocycles. The zero-order valence-electron chi connectivity index (χ0n) is 16.5. The quantitative estimate of drug-likeness (QED) is 0.410. The Morgan fingerprint density at radius 2 is 1.70 bits per heavy atom. The molecule has 1 saturated carbocycles. The lowest BCUT2D eigenvalue weighted by Crippen LogP contribution is -2.02. The van der Waals surface area contributed by atoms with Crippen LogP contribution in [0.1, 0.15) is 89.0 Å². The Balaban J connectivity index is 1.42. The number of aromatic nitrogens is 2. The molecule has 0 amide bonds. The summed E-state index contributed by atoms with van der Waals surface area (Å²) in [4.78, 5) is 0. The SMILES string of the molecule is CCCCCCCCCCCc1cccc(-c2nnc(C3(C#N)CC3)o2)c1. The number of nitrogens with zero attached hydrogens (tertiary/aromatic N) is 3. The average Bonchev–Trinajstić information content (AvgIpc) is 3.34. The van der Waals surface area contributed by atoms with E-state index in [2.05, 4.69) is 41.4 Å². The van der Waals surface area contributed by atoms with Crippen LogP contribution in [0.4, 0.5) is 0 Å². The summed E-state index contributed by atoms with van der Waals surface area (Å²) in [6.07, 6.45) is 14.9. The van der Waals surface area contributed by atoms with Crippen LogP contribution >= 0.6 is 0 Å². The number of aryl methyl sites for hydroxylation is 1. The van der Waals surface area contributed by atoms with Crippen molar-refractivity contribution < 1.29 is 4.42 Å². The second kappa shape index (κ2) is 9.69. The lowest BCUT2D eigenvalue weighted by molar-refractivity contribution is 0.481. The number of benzene rings is 1. The maximum Gasteiger partial charge on any atom is 0.247 e. The van der Waals surface area contributed by atoms with E-state index in [1.165, 1.54) is 63.4 Å². The first-order valence-corrected chi connectivity index (χ1v) is 10.6. The van der Waals surface area contributed by atoms with Crippen molar-refractivity contribution in [1.82, 2.24) is 10.2 Å². The number of unbranched alkanes of at least 4 members (excludes halogenated alkanes) is 8. The predicted molar refractivity (Wildman–Crippen MR) is 107 cm³/mol. The Hall–Kier alpha value is -2.15. The maximum absolute atomic E-state index is 9.27. The van der Waals surface area contributed by atoms with E-state index in [1.807, 2.05) is 6.07 Å². The Bertz CT molecular complexity index is 755. The van der Waals surface area contributed by atoms with E-state index in [0.717, 1.165) is 24.8 Å². The van der Waals surface area contributed by atoms with Crippen molar-refractivity contribution in [2.45, 2.75) is 89.4 Å². The molecular formula is C23H31N3O. The minimum Gasteiger partial charge on any atom is -0.419 e. The first-order valence-electron chi connectivity index (χ1n) is 10.6. The fourth-order valence-electron chi connectivity index (χ4n) is 3.53. The Labute approximate surface area is 163 Å². The van der Waals surface area contributed by atoms with Gasteiger partial charge >= 0.3 is 0 Å². The summed E-state index contributed by atoms with van der Waals surface area (Å²) >= 11 is 0. The van der Waals surface area contributed by atoms with Crippen molar-refractivity contribution in [3.8, 4) is 17.5 Å². The van der Waals surface area contributed by atoms with E-state index < -0.39 is 5.41 Å². The van der Waals surface area contributed by atoms with Gasteiger partial charge in [0.05, 0.1) is 6.07 Å². The fraction of sp³-hybridized carbons (Fsp3) is 0.609. The van der Waals surface area contributed by atoms with Crippen molar-refractivity contribution >= 4 is 0 Å². The van der Waals surface area contributed by atoms with Gasteiger partial charge in [-0.1, -0.05) is 70.4 Å². The minimum atomic E-state index is -0.514. The van der Waals surface area contributed by atoms with E-state index in [-0.39, 0.29) is 0 Å². The van der Waals surface area contributed by atoms with E-state index >= 15 is 0 Å². The van der Waals surface area contributed by atoms with E-state index in [9.17, 15) is 5.26 Å². The molecule has 0 bridgehead atoms. The molecule has 0 aliphatic heterocycles. The highest BCUT2D eigenvalue weighted by molar-refractivity contribution is 5.54. The van der Waals surface area contributed by atoms with E-state index in [4.69, 9.17) is 4.42 Å². The molecule has 1 heterocycles. The molecule has 0 N–H and O–H groups in total. The molecule has 1 aliphatic rings. The summed E-state index contributed by atoms with van der Waals surface area (Å²) in [5, 5.41) is 17.5. The highest BCUT2D eigenvalue weighted by atomic mass is 16.4. The molecule has 1 fully saturated rings. The second-order valence-corrected chi connectivity index (χ2v) is 7.89.